The van der Waals surface area contributed by atoms with Crippen LogP contribution in [0.4, 0.5) is 8.78 Å². The van der Waals surface area contributed by atoms with E-state index in [0.717, 1.165) is 22.4 Å². The highest BCUT2D eigenvalue weighted by Gasteiger charge is 2.34. The van der Waals surface area contributed by atoms with Gasteiger partial charge in [-0.2, -0.15) is 0 Å². The topological polar surface area (TPSA) is 38.1 Å². The molecule has 0 unspecified atom stereocenters. The Kier molecular flexibility index (Phi) is 4.98. The Morgan fingerprint density at radius 2 is 1.65 bits per heavy atom. The van der Waals surface area contributed by atoms with Crippen LogP contribution in [0.2, 0.25) is 0 Å². The monoisotopic (exact) mass is 417 g/mol. The molecule has 1 atom stereocenters. The van der Waals surface area contributed by atoms with Gasteiger partial charge in [0.1, 0.15) is 17.5 Å². The summed E-state index contributed by atoms with van der Waals surface area (Å²) in [4.78, 5) is 19.3. The van der Waals surface area contributed by atoms with Gasteiger partial charge in [-0.15, -0.1) is 0 Å². The summed E-state index contributed by atoms with van der Waals surface area (Å²) in [5.41, 5.74) is 3.22. The van der Waals surface area contributed by atoms with Gasteiger partial charge in [-0.1, -0.05) is 42.5 Å². The van der Waals surface area contributed by atoms with Gasteiger partial charge < -0.3 is 9.47 Å². The maximum Gasteiger partial charge on any atom is 0.223 e. The molecule has 6 heteroatoms. The lowest BCUT2D eigenvalue weighted by Crippen LogP contribution is -2.24. The van der Waals surface area contributed by atoms with Crippen molar-refractivity contribution in [1.29, 1.82) is 0 Å². The van der Waals surface area contributed by atoms with Crippen LogP contribution in [-0.4, -0.2) is 26.9 Å². The first-order chi connectivity index (χ1) is 15.1. The Labute approximate surface area is 178 Å². The number of halogens is 2. The zero-order valence-corrected chi connectivity index (χ0v) is 16.8. The van der Waals surface area contributed by atoms with Crippen molar-refractivity contribution in [3.8, 4) is 0 Å². The van der Waals surface area contributed by atoms with Crippen LogP contribution in [0.1, 0.15) is 29.3 Å². The quantitative estimate of drug-likeness (QED) is 0.464. The van der Waals surface area contributed by atoms with E-state index in [1.807, 2.05) is 34.9 Å². The molecule has 0 saturated carbocycles. The van der Waals surface area contributed by atoms with Gasteiger partial charge in [-0.3, -0.25) is 4.79 Å². The number of carbonyl (C=O) groups is 1. The standard InChI is InChI=1S/C25H21F2N3O/c26-20-11-9-17(10-12-20)14-29-15-19(13-24(29)31)25-28-22-7-3-4-8-23(22)30(25)16-18-5-1-2-6-21(18)27/h1-12,19H,13-16H2/t19-/m1/s1. The van der Waals surface area contributed by atoms with E-state index < -0.39 is 0 Å². The van der Waals surface area contributed by atoms with Gasteiger partial charge in [0.25, 0.3) is 0 Å². The minimum absolute atomic E-state index is 0.0406. The lowest BCUT2D eigenvalue weighted by atomic mass is 10.1. The number of amides is 1. The van der Waals surface area contributed by atoms with Crippen molar-refractivity contribution in [2.75, 3.05) is 6.54 Å². The lowest BCUT2D eigenvalue weighted by Gasteiger charge is -2.17. The van der Waals surface area contributed by atoms with Crippen LogP contribution in [-0.2, 0) is 17.9 Å². The molecule has 5 rings (SSSR count). The summed E-state index contributed by atoms with van der Waals surface area (Å²) >= 11 is 0. The third kappa shape index (κ3) is 3.81. The normalized spacial score (nSPS) is 16.4. The fourth-order valence-corrected chi connectivity index (χ4v) is 4.28. The first-order valence-corrected chi connectivity index (χ1v) is 10.3. The molecule has 31 heavy (non-hydrogen) atoms. The number of benzene rings is 3. The predicted molar refractivity (Wildman–Crippen MR) is 114 cm³/mol. The lowest BCUT2D eigenvalue weighted by molar-refractivity contribution is -0.128. The number of hydrogen-bond acceptors (Lipinski definition) is 2. The Hall–Kier alpha value is -3.54. The van der Waals surface area contributed by atoms with Crippen LogP contribution in [0.3, 0.4) is 0 Å². The predicted octanol–water partition coefficient (Wildman–Crippen LogP) is 4.88. The van der Waals surface area contributed by atoms with E-state index in [1.165, 1.54) is 18.2 Å². The van der Waals surface area contributed by atoms with E-state index in [4.69, 9.17) is 4.98 Å². The molecule has 0 aliphatic carbocycles. The van der Waals surface area contributed by atoms with Crippen molar-refractivity contribution in [3.05, 3.63) is 101 Å². The van der Waals surface area contributed by atoms with Crippen molar-refractivity contribution < 1.29 is 13.6 Å². The molecular weight excluding hydrogens is 396 g/mol. The molecule has 2 heterocycles. The first kappa shape index (κ1) is 19.4. The Morgan fingerprint density at radius 1 is 0.903 bits per heavy atom. The number of para-hydroxylation sites is 2. The molecule has 0 radical (unpaired) electrons. The first-order valence-electron chi connectivity index (χ1n) is 10.3. The molecule has 1 aliphatic heterocycles. The number of hydrogen-bond donors (Lipinski definition) is 0. The Balaban J connectivity index is 1.46. The second-order valence-corrected chi connectivity index (χ2v) is 7.94. The van der Waals surface area contributed by atoms with E-state index >= 15 is 0 Å². The van der Waals surface area contributed by atoms with E-state index in [-0.39, 0.29) is 23.5 Å². The van der Waals surface area contributed by atoms with Gasteiger partial charge in [-0.25, -0.2) is 13.8 Å². The third-order valence-electron chi connectivity index (χ3n) is 5.84. The molecule has 0 spiro atoms. The summed E-state index contributed by atoms with van der Waals surface area (Å²) in [6.07, 6.45) is 0.349. The highest BCUT2D eigenvalue weighted by molar-refractivity contribution is 5.81. The van der Waals surface area contributed by atoms with Crippen LogP contribution < -0.4 is 0 Å². The van der Waals surface area contributed by atoms with Gasteiger partial charge >= 0.3 is 0 Å². The molecule has 0 bridgehead atoms. The highest BCUT2D eigenvalue weighted by atomic mass is 19.1. The second-order valence-electron chi connectivity index (χ2n) is 7.94. The SMILES string of the molecule is O=C1C[C@@H](c2nc3ccccc3n2Cc2ccccc2F)CN1Cc1ccc(F)cc1. The molecule has 156 valence electrons. The van der Waals surface area contributed by atoms with Gasteiger partial charge in [0, 0.05) is 31.0 Å². The molecule has 1 aromatic heterocycles. The summed E-state index contributed by atoms with van der Waals surface area (Å²) in [6.45, 7) is 1.31. The van der Waals surface area contributed by atoms with Crippen molar-refractivity contribution in [1.82, 2.24) is 14.5 Å². The Morgan fingerprint density at radius 3 is 2.45 bits per heavy atom. The minimum atomic E-state index is -0.295. The Bertz CT molecular complexity index is 1250. The molecule has 3 aromatic carbocycles. The summed E-state index contributed by atoms with van der Waals surface area (Å²) in [6, 6.07) is 20.7. The average molecular weight is 417 g/mol. The number of nitrogens with zero attached hydrogens (tertiary/aromatic N) is 3. The van der Waals surface area contributed by atoms with Crippen LogP contribution in [0.25, 0.3) is 11.0 Å². The van der Waals surface area contributed by atoms with E-state index in [2.05, 4.69) is 0 Å². The smallest absolute Gasteiger partial charge is 0.223 e. The number of likely N-dealkylation sites (tertiary alicyclic amines) is 1. The highest BCUT2D eigenvalue weighted by Crippen LogP contribution is 2.32. The van der Waals surface area contributed by atoms with Gasteiger partial charge in [0.2, 0.25) is 5.91 Å². The molecule has 1 aliphatic rings. The van der Waals surface area contributed by atoms with Crippen LogP contribution in [0, 0.1) is 11.6 Å². The number of fused-ring (bicyclic) bond motifs is 1. The molecule has 1 saturated heterocycles. The van der Waals surface area contributed by atoms with Gasteiger partial charge in [0.05, 0.1) is 17.6 Å². The summed E-state index contributed by atoms with van der Waals surface area (Å²) < 4.78 is 29.6. The summed E-state index contributed by atoms with van der Waals surface area (Å²) in [5, 5.41) is 0. The van der Waals surface area contributed by atoms with Gasteiger partial charge in [0.15, 0.2) is 0 Å². The summed E-state index contributed by atoms with van der Waals surface area (Å²) in [5.74, 6) is 0.188. The maximum atomic E-state index is 14.4. The fraction of sp³-hybridized carbons (Fsp3) is 0.200. The summed E-state index contributed by atoms with van der Waals surface area (Å²) in [7, 11) is 0. The largest absolute Gasteiger partial charge is 0.338 e. The van der Waals surface area contributed by atoms with Crippen LogP contribution in [0.15, 0.2) is 72.8 Å². The third-order valence-corrected chi connectivity index (χ3v) is 5.84. The number of aromatic nitrogens is 2. The number of rotatable bonds is 5. The number of carbonyl (C=O) groups excluding carboxylic acids is 1. The van der Waals surface area contributed by atoms with Crippen molar-refractivity contribution in [2.45, 2.75) is 25.4 Å². The second kappa shape index (κ2) is 7.95. The molecule has 4 nitrogen and oxygen atoms in total. The van der Waals surface area contributed by atoms with Crippen LogP contribution in [0.5, 0.6) is 0 Å². The molecule has 1 amide bonds. The average Bonchev–Trinajstić information content (AvgIpc) is 3.32. The minimum Gasteiger partial charge on any atom is -0.338 e. The maximum absolute atomic E-state index is 14.4. The molecule has 0 N–H and O–H groups in total. The zero-order chi connectivity index (χ0) is 21.4. The molecule has 1 fully saturated rings. The number of imidazole rings is 1. The van der Waals surface area contributed by atoms with Crippen molar-refractivity contribution in [2.24, 2.45) is 0 Å². The van der Waals surface area contributed by atoms with E-state index in [1.54, 1.807) is 29.2 Å². The van der Waals surface area contributed by atoms with Crippen molar-refractivity contribution >= 4 is 16.9 Å². The van der Waals surface area contributed by atoms with Crippen LogP contribution >= 0.6 is 0 Å². The fourth-order valence-electron chi connectivity index (χ4n) is 4.28. The molecular formula is C25H21F2N3O. The van der Waals surface area contributed by atoms with Gasteiger partial charge in [-0.05, 0) is 35.9 Å². The molecule has 4 aromatic rings. The van der Waals surface area contributed by atoms with Crippen molar-refractivity contribution in [3.63, 3.8) is 0 Å². The zero-order valence-electron chi connectivity index (χ0n) is 16.8. The van der Waals surface area contributed by atoms with E-state index in [9.17, 15) is 13.6 Å². The van der Waals surface area contributed by atoms with E-state index in [0.29, 0.717) is 31.6 Å².